The number of likely N-dealkylation sites (tertiary alicyclic amines) is 2. The van der Waals surface area contributed by atoms with Gasteiger partial charge in [-0.1, -0.05) is 67.2 Å². The fraction of sp³-hybridized carbons (Fsp3) is 0.854. The van der Waals surface area contributed by atoms with Crippen molar-refractivity contribution in [2.45, 2.75) is 156 Å². The Kier molecular flexibility index (Phi) is 9.61. The lowest BCUT2D eigenvalue weighted by atomic mass is 9.70. The second-order valence-electron chi connectivity index (χ2n) is 19.2. The van der Waals surface area contributed by atoms with Crippen LogP contribution in [0, 0.1) is 39.4 Å². The molecule has 6 fully saturated rings. The molecule has 4 saturated carbocycles. The molecule has 7 aliphatic rings. The van der Waals surface area contributed by atoms with Crippen molar-refractivity contribution in [1.29, 1.82) is 0 Å². The maximum Gasteiger partial charge on any atom is 0.326 e. The summed E-state index contributed by atoms with van der Waals surface area (Å²) in [4.78, 5) is 60.3. The third kappa shape index (κ3) is 6.01. The van der Waals surface area contributed by atoms with Gasteiger partial charge in [0.15, 0.2) is 0 Å². The summed E-state index contributed by atoms with van der Waals surface area (Å²) in [7, 11) is 0. The number of piperidine rings is 1. The summed E-state index contributed by atoms with van der Waals surface area (Å²) in [5.41, 5.74) is 1.94. The Bertz CT molecular complexity index is 1440. The normalized spacial score (nSPS) is 34.1. The van der Waals surface area contributed by atoms with E-state index in [1.54, 1.807) is 0 Å². The molecule has 4 N–H and O–H groups in total. The van der Waals surface area contributed by atoms with Gasteiger partial charge in [0.2, 0.25) is 17.7 Å². The van der Waals surface area contributed by atoms with E-state index in [0.29, 0.717) is 13.0 Å². The summed E-state index contributed by atoms with van der Waals surface area (Å²) in [5.74, 6) is -1.05. The molecule has 3 heterocycles. The highest BCUT2D eigenvalue weighted by Crippen LogP contribution is 2.88. The average Bonchev–Trinajstić information content (AvgIpc) is 3.27. The van der Waals surface area contributed by atoms with Crippen LogP contribution in [0.1, 0.15) is 131 Å². The lowest BCUT2D eigenvalue weighted by Gasteiger charge is -2.44. The molecule has 0 bridgehead atoms. The number of amides is 3. The van der Waals surface area contributed by atoms with Crippen LogP contribution in [0.5, 0.6) is 0 Å². The largest absolute Gasteiger partial charge is 0.480 e. The average molecular weight is 708 g/mol. The number of nitrogens with zero attached hydrogens (tertiary/aromatic N) is 2. The minimum absolute atomic E-state index is 0.0271. The smallest absolute Gasteiger partial charge is 0.326 e. The topological polar surface area (TPSA) is 131 Å². The molecule has 0 aromatic heterocycles. The molecular formula is C41H65N5O5. The predicted molar refractivity (Wildman–Crippen MR) is 196 cm³/mol. The molecule has 2 saturated heterocycles. The van der Waals surface area contributed by atoms with E-state index in [-0.39, 0.29) is 57.8 Å². The maximum absolute atomic E-state index is 15.2. The molecule has 51 heavy (non-hydrogen) atoms. The molecule has 0 radical (unpaired) electrons. The van der Waals surface area contributed by atoms with Crippen molar-refractivity contribution < 1.29 is 24.3 Å². The van der Waals surface area contributed by atoms with Crippen LogP contribution in [0.15, 0.2) is 11.3 Å². The van der Waals surface area contributed by atoms with Crippen molar-refractivity contribution in [2.75, 3.05) is 26.2 Å². The number of carboxylic acid groups (broad SMARTS) is 1. The molecule has 10 nitrogen and oxygen atoms in total. The fourth-order valence-corrected chi connectivity index (χ4v) is 12.0. The van der Waals surface area contributed by atoms with Crippen molar-refractivity contribution in [2.24, 2.45) is 39.4 Å². The lowest BCUT2D eigenvalue weighted by molar-refractivity contribution is -0.141. The summed E-state index contributed by atoms with van der Waals surface area (Å²) < 4.78 is 0. The first-order valence-corrected chi connectivity index (χ1v) is 20.5. The number of allylic oxidation sites excluding steroid dienone is 1. The molecule has 3 amide bonds. The summed E-state index contributed by atoms with van der Waals surface area (Å²) in [6.07, 6.45) is 13.7. The second-order valence-corrected chi connectivity index (χ2v) is 19.2. The molecule has 284 valence electrons. The second kappa shape index (κ2) is 13.3. The number of hydrogen-bond acceptors (Lipinski definition) is 6. The quantitative estimate of drug-likeness (QED) is 0.259. The Morgan fingerprint density at radius 3 is 2.25 bits per heavy atom. The third-order valence-corrected chi connectivity index (χ3v) is 15.6. The van der Waals surface area contributed by atoms with E-state index in [1.165, 1.54) is 24.8 Å². The van der Waals surface area contributed by atoms with Crippen molar-refractivity contribution in [1.82, 2.24) is 25.8 Å². The van der Waals surface area contributed by atoms with Gasteiger partial charge in [-0.3, -0.25) is 14.4 Å². The Labute approximate surface area is 305 Å². The van der Waals surface area contributed by atoms with Crippen LogP contribution in [0.2, 0.25) is 0 Å². The molecule has 0 aromatic carbocycles. The van der Waals surface area contributed by atoms with Crippen molar-refractivity contribution >= 4 is 23.7 Å². The highest BCUT2D eigenvalue weighted by atomic mass is 16.4. The molecule has 4 aliphatic carbocycles. The van der Waals surface area contributed by atoms with Crippen LogP contribution < -0.4 is 16.0 Å². The van der Waals surface area contributed by atoms with Gasteiger partial charge in [0.1, 0.15) is 18.1 Å². The van der Waals surface area contributed by atoms with Crippen LogP contribution in [-0.4, -0.2) is 88.9 Å². The zero-order valence-electron chi connectivity index (χ0n) is 32.2. The zero-order chi connectivity index (χ0) is 36.5. The van der Waals surface area contributed by atoms with E-state index in [9.17, 15) is 19.5 Å². The number of nitrogens with one attached hydrogen (secondary N) is 3. The third-order valence-electron chi connectivity index (χ3n) is 15.6. The Morgan fingerprint density at radius 2 is 1.69 bits per heavy atom. The maximum atomic E-state index is 15.2. The van der Waals surface area contributed by atoms with Crippen molar-refractivity contribution in [3.63, 3.8) is 0 Å². The first kappa shape index (κ1) is 36.7. The Balaban J connectivity index is 1.17. The van der Waals surface area contributed by atoms with E-state index in [0.717, 1.165) is 89.5 Å². The van der Waals surface area contributed by atoms with E-state index < -0.39 is 29.5 Å². The molecule has 3 aliphatic heterocycles. The van der Waals surface area contributed by atoms with E-state index in [1.807, 2.05) is 20.8 Å². The van der Waals surface area contributed by atoms with Gasteiger partial charge in [-0.25, -0.2) is 4.79 Å². The van der Waals surface area contributed by atoms with Gasteiger partial charge in [0.25, 0.3) is 0 Å². The Morgan fingerprint density at radius 1 is 0.961 bits per heavy atom. The number of fused-ring (bicyclic) bond motifs is 2. The minimum atomic E-state index is -0.836. The number of aliphatic carboxylic acids is 1. The molecule has 2 spiro atoms. The van der Waals surface area contributed by atoms with Crippen molar-refractivity contribution in [3.05, 3.63) is 11.3 Å². The van der Waals surface area contributed by atoms with Crippen molar-refractivity contribution in [3.8, 4) is 0 Å². The fourth-order valence-electron chi connectivity index (χ4n) is 12.0. The van der Waals surface area contributed by atoms with E-state index in [2.05, 4.69) is 46.5 Å². The van der Waals surface area contributed by atoms with Crippen LogP contribution in [0.4, 0.5) is 0 Å². The monoisotopic (exact) mass is 707 g/mol. The summed E-state index contributed by atoms with van der Waals surface area (Å²) in [6.45, 7) is 16.2. The van der Waals surface area contributed by atoms with E-state index >= 15 is 4.79 Å². The molecule has 7 rings (SSSR count). The first-order valence-electron chi connectivity index (χ1n) is 20.5. The first-order chi connectivity index (χ1) is 24.1. The van der Waals surface area contributed by atoms with Gasteiger partial charge in [-0.15, -0.1) is 0 Å². The number of carbonyl (C=O) groups is 4. The van der Waals surface area contributed by atoms with Crippen LogP contribution in [-0.2, 0) is 19.2 Å². The van der Waals surface area contributed by atoms with E-state index in [4.69, 9.17) is 0 Å². The zero-order valence-corrected chi connectivity index (χ0v) is 32.2. The highest BCUT2D eigenvalue weighted by Gasteiger charge is 2.85. The van der Waals surface area contributed by atoms with Crippen LogP contribution >= 0.6 is 0 Å². The standard InChI is InChI=1S/C41H65N5O5/c1-7-45-20-11-15-27(23-45)34(47)43-31(25-13-9-8-10-14-25)35(48)44-33(38(2,3)4)36(49)46-24-41(39(5,6)40(41)18-12-19-40)22-30(46)32-28-17-16-26(28)21-29(42-32)37(50)51/h25-27,29-31,33,42H,7-24H2,1-6H3,(H,43,47)(H,44,48)(H,50,51)/t26?,27-,29+,30-,31-,33-,41-/m0/s1. The van der Waals surface area contributed by atoms with Gasteiger partial charge in [-0.05, 0) is 111 Å². The number of hydrogen-bond donors (Lipinski definition) is 4. The predicted octanol–water partition coefficient (Wildman–Crippen LogP) is 5.22. The molecule has 10 heteroatoms. The summed E-state index contributed by atoms with van der Waals surface area (Å²) in [6, 6.07) is -2.36. The number of carboxylic acids is 1. The minimum Gasteiger partial charge on any atom is -0.480 e. The summed E-state index contributed by atoms with van der Waals surface area (Å²) >= 11 is 0. The Hall–Kier alpha value is -2.62. The molecule has 1 unspecified atom stereocenters. The molecule has 0 aromatic rings. The van der Waals surface area contributed by atoms with Gasteiger partial charge >= 0.3 is 5.97 Å². The lowest BCUT2D eigenvalue weighted by Crippen LogP contribution is -2.62. The van der Waals surface area contributed by atoms with Gasteiger partial charge < -0.3 is 30.9 Å². The van der Waals surface area contributed by atoms with Crippen LogP contribution in [0.25, 0.3) is 0 Å². The van der Waals surface area contributed by atoms with Gasteiger partial charge in [0.05, 0.1) is 12.0 Å². The van der Waals surface area contributed by atoms with Gasteiger partial charge in [0, 0.05) is 24.2 Å². The number of rotatable bonds is 9. The summed E-state index contributed by atoms with van der Waals surface area (Å²) in [5, 5.41) is 20.1. The van der Waals surface area contributed by atoms with Gasteiger partial charge in [-0.2, -0.15) is 0 Å². The molecular weight excluding hydrogens is 642 g/mol. The molecule has 7 atom stereocenters. The van der Waals surface area contributed by atoms with Crippen LogP contribution in [0.3, 0.4) is 0 Å². The number of carbonyl (C=O) groups excluding carboxylic acids is 3. The highest BCUT2D eigenvalue weighted by molar-refractivity contribution is 5.93. The SMILES string of the molecule is CCN1CCC[C@H](C(=O)N[C@H](C(=O)N[C@@H](C(=O)N2C[C@@]3(C[C@H]2C2=C4CCC4C[C@H](C(=O)O)N2)C(C)(C)C32CCC2)C(C)(C)C)C2CCCCC2)C1.